The van der Waals surface area contributed by atoms with E-state index in [9.17, 15) is 4.79 Å². The lowest BCUT2D eigenvalue weighted by molar-refractivity contribution is 0.693. The highest BCUT2D eigenvalue weighted by molar-refractivity contribution is 6.32. The van der Waals surface area contributed by atoms with Gasteiger partial charge < -0.3 is 0 Å². The molecule has 0 amide bonds. The van der Waals surface area contributed by atoms with Gasteiger partial charge in [0.05, 0.1) is 18.3 Å². The first kappa shape index (κ1) is 13.1. The molecule has 0 aliphatic carbocycles. The van der Waals surface area contributed by atoms with E-state index >= 15 is 0 Å². The summed E-state index contributed by atoms with van der Waals surface area (Å²) in [5.41, 5.74) is 1.44. The zero-order chi connectivity index (χ0) is 14.1. The third-order valence-electron chi connectivity index (χ3n) is 2.97. The van der Waals surface area contributed by atoms with Crippen LogP contribution in [-0.2, 0) is 6.54 Å². The van der Waals surface area contributed by atoms with Crippen LogP contribution in [0.4, 0.5) is 0 Å². The van der Waals surface area contributed by atoms with Gasteiger partial charge in [0.15, 0.2) is 0 Å². The molecule has 0 spiro atoms. The molecule has 0 atom stereocenters. The second kappa shape index (κ2) is 5.23. The van der Waals surface area contributed by atoms with Crippen molar-refractivity contribution in [3.63, 3.8) is 0 Å². The second-order valence-corrected chi connectivity index (χ2v) is 5.01. The van der Waals surface area contributed by atoms with Crippen LogP contribution in [0.15, 0.2) is 47.4 Å². The standard InChI is InChI=1S/C14H9Cl2N3O/c15-13-6-5-9(14(16)18-13)8-19-11-4-2-1-3-10(11)12(20)7-17-19/h1-7H,8H2. The van der Waals surface area contributed by atoms with Crippen molar-refractivity contribution in [1.82, 2.24) is 14.8 Å². The summed E-state index contributed by atoms with van der Waals surface area (Å²) in [6, 6.07) is 10.8. The zero-order valence-corrected chi connectivity index (χ0v) is 11.8. The lowest BCUT2D eigenvalue weighted by atomic mass is 10.2. The number of fused-ring (bicyclic) bond motifs is 1. The normalized spacial score (nSPS) is 10.9. The van der Waals surface area contributed by atoms with Crippen molar-refractivity contribution >= 4 is 34.1 Å². The molecular weight excluding hydrogens is 297 g/mol. The monoisotopic (exact) mass is 305 g/mol. The van der Waals surface area contributed by atoms with Crippen LogP contribution in [0.2, 0.25) is 10.3 Å². The highest BCUT2D eigenvalue weighted by atomic mass is 35.5. The van der Waals surface area contributed by atoms with E-state index in [4.69, 9.17) is 23.2 Å². The number of aromatic nitrogens is 3. The van der Waals surface area contributed by atoms with Gasteiger partial charge >= 0.3 is 0 Å². The Labute approximate surface area is 124 Å². The molecule has 0 N–H and O–H groups in total. The molecule has 3 rings (SSSR count). The molecule has 0 saturated carbocycles. The lowest BCUT2D eigenvalue weighted by Crippen LogP contribution is -2.13. The summed E-state index contributed by atoms with van der Waals surface area (Å²) in [6.45, 7) is 0.420. The Balaban J connectivity index is 2.11. The molecule has 100 valence electrons. The number of hydrogen-bond acceptors (Lipinski definition) is 3. The van der Waals surface area contributed by atoms with E-state index in [0.717, 1.165) is 11.1 Å². The summed E-state index contributed by atoms with van der Waals surface area (Å²) in [7, 11) is 0. The second-order valence-electron chi connectivity index (χ2n) is 4.27. The number of nitrogens with zero attached hydrogens (tertiary/aromatic N) is 3. The van der Waals surface area contributed by atoms with Crippen molar-refractivity contribution in [1.29, 1.82) is 0 Å². The fourth-order valence-corrected chi connectivity index (χ4v) is 2.41. The average Bonchev–Trinajstić information content (AvgIpc) is 2.45. The molecule has 0 aliphatic rings. The largest absolute Gasteiger partial charge is 0.287 e. The van der Waals surface area contributed by atoms with Gasteiger partial charge in [-0.3, -0.25) is 9.48 Å². The van der Waals surface area contributed by atoms with Gasteiger partial charge in [0.2, 0.25) is 5.43 Å². The maximum atomic E-state index is 11.8. The highest BCUT2D eigenvalue weighted by Gasteiger charge is 2.07. The number of para-hydroxylation sites is 1. The molecule has 20 heavy (non-hydrogen) atoms. The molecular formula is C14H9Cl2N3O. The summed E-state index contributed by atoms with van der Waals surface area (Å²) < 4.78 is 1.72. The van der Waals surface area contributed by atoms with Crippen LogP contribution in [0.5, 0.6) is 0 Å². The summed E-state index contributed by atoms with van der Waals surface area (Å²) in [4.78, 5) is 15.8. The molecule has 0 fully saturated rings. The Kier molecular flexibility index (Phi) is 3.42. The molecule has 2 heterocycles. The number of halogens is 2. The highest BCUT2D eigenvalue weighted by Crippen LogP contribution is 2.18. The minimum absolute atomic E-state index is 0.0998. The Bertz CT molecular complexity index is 845. The van der Waals surface area contributed by atoms with E-state index in [1.807, 2.05) is 18.2 Å². The van der Waals surface area contributed by atoms with Gasteiger partial charge in [-0.2, -0.15) is 5.10 Å². The predicted molar refractivity (Wildman–Crippen MR) is 79.4 cm³/mol. The average molecular weight is 306 g/mol. The van der Waals surface area contributed by atoms with Crippen LogP contribution in [0, 0.1) is 0 Å². The van der Waals surface area contributed by atoms with E-state index in [2.05, 4.69) is 10.1 Å². The maximum absolute atomic E-state index is 11.8. The van der Waals surface area contributed by atoms with E-state index in [0.29, 0.717) is 22.2 Å². The van der Waals surface area contributed by atoms with Crippen molar-refractivity contribution < 1.29 is 0 Å². The molecule has 2 aromatic heterocycles. The number of rotatable bonds is 2. The molecule has 6 heteroatoms. The molecule has 3 aromatic rings. The van der Waals surface area contributed by atoms with Crippen LogP contribution in [0.25, 0.3) is 10.9 Å². The minimum Gasteiger partial charge on any atom is -0.287 e. The van der Waals surface area contributed by atoms with E-state index in [1.54, 1.807) is 22.9 Å². The van der Waals surface area contributed by atoms with Gasteiger partial charge in [-0.1, -0.05) is 41.4 Å². The van der Waals surface area contributed by atoms with Crippen molar-refractivity contribution in [3.8, 4) is 0 Å². The Morgan fingerprint density at radius 1 is 1.10 bits per heavy atom. The summed E-state index contributed by atoms with van der Waals surface area (Å²) >= 11 is 11.8. The first-order chi connectivity index (χ1) is 9.65. The summed E-state index contributed by atoms with van der Waals surface area (Å²) in [5, 5.41) is 5.45. The van der Waals surface area contributed by atoms with Crippen molar-refractivity contribution in [2.24, 2.45) is 0 Å². The predicted octanol–water partition coefficient (Wildman–Crippen LogP) is 3.15. The summed E-state index contributed by atoms with van der Waals surface area (Å²) in [5.74, 6) is 0. The fraction of sp³-hybridized carbons (Fsp3) is 0.0714. The Hall–Kier alpha value is -1.91. The Morgan fingerprint density at radius 3 is 2.70 bits per heavy atom. The van der Waals surface area contributed by atoms with Gasteiger partial charge in [-0.05, 0) is 18.2 Å². The lowest BCUT2D eigenvalue weighted by Gasteiger charge is -2.10. The number of pyridine rings is 1. The minimum atomic E-state index is -0.0998. The van der Waals surface area contributed by atoms with Crippen molar-refractivity contribution in [2.75, 3.05) is 0 Å². The van der Waals surface area contributed by atoms with Crippen LogP contribution in [-0.4, -0.2) is 14.8 Å². The van der Waals surface area contributed by atoms with E-state index in [1.165, 1.54) is 6.20 Å². The molecule has 4 nitrogen and oxygen atoms in total. The molecule has 0 saturated heterocycles. The topological polar surface area (TPSA) is 47.8 Å². The Morgan fingerprint density at radius 2 is 1.90 bits per heavy atom. The van der Waals surface area contributed by atoms with Crippen molar-refractivity contribution in [3.05, 3.63) is 68.7 Å². The van der Waals surface area contributed by atoms with E-state index in [-0.39, 0.29) is 5.43 Å². The first-order valence-electron chi connectivity index (χ1n) is 5.91. The smallest absolute Gasteiger partial charge is 0.207 e. The number of hydrogen-bond donors (Lipinski definition) is 0. The molecule has 1 aromatic carbocycles. The molecule has 0 radical (unpaired) electrons. The van der Waals surface area contributed by atoms with Gasteiger partial charge in [-0.25, -0.2) is 4.98 Å². The SMILES string of the molecule is O=c1cnn(Cc2ccc(Cl)nc2Cl)c2ccccc12. The van der Waals surface area contributed by atoms with Crippen LogP contribution in [0.3, 0.4) is 0 Å². The number of benzene rings is 1. The zero-order valence-electron chi connectivity index (χ0n) is 10.3. The maximum Gasteiger partial charge on any atom is 0.207 e. The van der Waals surface area contributed by atoms with Gasteiger partial charge in [0.25, 0.3) is 0 Å². The van der Waals surface area contributed by atoms with Crippen LogP contribution < -0.4 is 5.43 Å². The van der Waals surface area contributed by atoms with Crippen molar-refractivity contribution in [2.45, 2.75) is 6.54 Å². The molecule has 0 aliphatic heterocycles. The van der Waals surface area contributed by atoms with Gasteiger partial charge in [0.1, 0.15) is 10.3 Å². The third-order valence-corrected chi connectivity index (χ3v) is 3.51. The van der Waals surface area contributed by atoms with Crippen LogP contribution in [0.1, 0.15) is 5.56 Å². The quantitative estimate of drug-likeness (QED) is 0.683. The fourth-order valence-electron chi connectivity index (χ4n) is 2.01. The van der Waals surface area contributed by atoms with Gasteiger partial charge in [-0.15, -0.1) is 0 Å². The molecule has 0 unspecified atom stereocenters. The van der Waals surface area contributed by atoms with Gasteiger partial charge in [0, 0.05) is 10.9 Å². The van der Waals surface area contributed by atoms with Crippen LogP contribution >= 0.6 is 23.2 Å². The molecule has 0 bridgehead atoms. The van der Waals surface area contributed by atoms with E-state index < -0.39 is 0 Å². The third kappa shape index (κ3) is 2.40. The summed E-state index contributed by atoms with van der Waals surface area (Å²) in [6.07, 6.45) is 1.31. The first-order valence-corrected chi connectivity index (χ1v) is 6.66.